The van der Waals surface area contributed by atoms with Gasteiger partial charge in [-0.1, -0.05) is 26.2 Å². The molecule has 0 bridgehead atoms. The molecule has 1 atom stereocenters. The van der Waals surface area contributed by atoms with Gasteiger partial charge in [-0.3, -0.25) is 0 Å². The van der Waals surface area contributed by atoms with Crippen LogP contribution in [0, 0.1) is 0 Å². The molecular weight excluding hydrogens is 261 g/mol. The number of nitrogens with one attached hydrogen (secondary N) is 1. The van der Waals surface area contributed by atoms with Gasteiger partial charge in [-0.15, -0.1) is 0 Å². The third-order valence-electron chi connectivity index (χ3n) is 5.06. The molecule has 1 nitrogen and oxygen atoms in total. The summed E-state index contributed by atoms with van der Waals surface area (Å²) in [6.45, 7) is 13.1. The Balaban J connectivity index is 3.58. The van der Waals surface area contributed by atoms with Crippen LogP contribution in [0.4, 0.5) is 0 Å². The average molecular weight is 303 g/mol. The number of hydrogen-bond donors (Lipinski definition) is 1. The van der Waals surface area contributed by atoms with E-state index in [1.807, 2.05) is 0 Å². The molecule has 0 heterocycles. The minimum Gasteiger partial charge on any atom is -0.314 e. The fourth-order valence-electron chi connectivity index (χ4n) is 3.05. The molecular formula is C18H41NP+. The van der Waals surface area contributed by atoms with Gasteiger partial charge in [0.05, 0.1) is 24.6 Å². The van der Waals surface area contributed by atoms with E-state index >= 15 is 0 Å². The first-order valence-electron chi connectivity index (χ1n) is 9.22. The SMILES string of the molecule is CCCCCCNC(C)CCCC[P+](CC)(CC)CC. The van der Waals surface area contributed by atoms with E-state index in [-0.39, 0.29) is 0 Å². The monoisotopic (exact) mass is 302 g/mol. The van der Waals surface area contributed by atoms with Crippen molar-refractivity contribution in [3.8, 4) is 0 Å². The molecule has 1 unspecified atom stereocenters. The molecule has 122 valence electrons. The Morgan fingerprint density at radius 2 is 1.45 bits per heavy atom. The van der Waals surface area contributed by atoms with Crippen molar-refractivity contribution in [2.45, 2.75) is 85.6 Å². The van der Waals surface area contributed by atoms with Gasteiger partial charge in [-0.2, -0.15) is 0 Å². The Bertz CT molecular complexity index is 193. The largest absolute Gasteiger partial charge is 0.314 e. The maximum absolute atomic E-state index is 3.69. The zero-order valence-corrected chi connectivity index (χ0v) is 15.9. The maximum atomic E-state index is 3.69. The van der Waals surface area contributed by atoms with Gasteiger partial charge in [0.25, 0.3) is 0 Å². The quantitative estimate of drug-likeness (QED) is 0.316. The Morgan fingerprint density at radius 3 is 2.00 bits per heavy atom. The first-order valence-corrected chi connectivity index (χ1v) is 11.8. The molecule has 0 spiro atoms. The fraction of sp³-hybridized carbons (Fsp3) is 1.00. The van der Waals surface area contributed by atoms with Crippen LogP contribution in [0.25, 0.3) is 0 Å². The summed E-state index contributed by atoms with van der Waals surface area (Å²) in [4.78, 5) is 0. The van der Waals surface area contributed by atoms with Crippen LogP contribution < -0.4 is 5.32 Å². The molecule has 0 aliphatic rings. The molecule has 0 saturated carbocycles. The van der Waals surface area contributed by atoms with Crippen molar-refractivity contribution in [2.24, 2.45) is 0 Å². The average Bonchev–Trinajstić information content (AvgIpc) is 2.48. The number of hydrogen-bond acceptors (Lipinski definition) is 1. The van der Waals surface area contributed by atoms with E-state index in [0.717, 1.165) is 0 Å². The summed E-state index contributed by atoms with van der Waals surface area (Å²) in [7, 11) is -0.553. The molecule has 0 amide bonds. The van der Waals surface area contributed by atoms with Crippen LogP contribution in [0.2, 0.25) is 0 Å². The van der Waals surface area contributed by atoms with E-state index in [1.54, 1.807) is 6.16 Å². The maximum Gasteiger partial charge on any atom is 0.0594 e. The first-order chi connectivity index (χ1) is 9.64. The van der Waals surface area contributed by atoms with Crippen molar-refractivity contribution in [3.63, 3.8) is 0 Å². The van der Waals surface area contributed by atoms with Gasteiger partial charge in [0.1, 0.15) is 0 Å². The molecule has 0 aliphatic heterocycles. The smallest absolute Gasteiger partial charge is 0.0594 e. The molecule has 0 aromatic carbocycles. The van der Waals surface area contributed by atoms with Crippen molar-refractivity contribution in [3.05, 3.63) is 0 Å². The molecule has 1 N–H and O–H groups in total. The number of unbranched alkanes of at least 4 members (excludes halogenated alkanes) is 4. The first kappa shape index (κ1) is 20.4. The predicted molar refractivity (Wildman–Crippen MR) is 98.9 cm³/mol. The third kappa shape index (κ3) is 9.35. The van der Waals surface area contributed by atoms with E-state index in [1.165, 1.54) is 70.0 Å². The summed E-state index contributed by atoms with van der Waals surface area (Å²) in [5, 5.41) is 3.69. The van der Waals surface area contributed by atoms with Gasteiger partial charge in [0.15, 0.2) is 0 Å². The van der Waals surface area contributed by atoms with E-state index in [4.69, 9.17) is 0 Å². The third-order valence-corrected chi connectivity index (χ3v) is 10.3. The second-order valence-electron chi connectivity index (χ2n) is 6.43. The summed E-state index contributed by atoms with van der Waals surface area (Å²) in [5.74, 6) is 0. The lowest BCUT2D eigenvalue weighted by atomic mass is 10.1. The Labute approximate surface area is 130 Å². The van der Waals surface area contributed by atoms with E-state index in [0.29, 0.717) is 6.04 Å². The molecule has 2 heteroatoms. The van der Waals surface area contributed by atoms with Gasteiger partial charge in [-0.05, 0) is 59.9 Å². The van der Waals surface area contributed by atoms with E-state index in [2.05, 4.69) is 39.9 Å². The molecule has 20 heavy (non-hydrogen) atoms. The Kier molecular flexibility index (Phi) is 13.3. The highest BCUT2D eigenvalue weighted by molar-refractivity contribution is 7.75. The highest BCUT2D eigenvalue weighted by atomic mass is 31.2. The Hall–Kier alpha value is 0.390. The summed E-state index contributed by atoms with van der Waals surface area (Å²) < 4.78 is 0. The normalized spacial score (nSPS) is 13.7. The summed E-state index contributed by atoms with van der Waals surface area (Å²) >= 11 is 0. The zero-order valence-electron chi connectivity index (χ0n) is 15.0. The standard InChI is InChI=1S/C18H41NP/c1-6-10-11-13-16-19-18(5)15-12-14-17-20(7-2,8-3)9-4/h18-19H,6-17H2,1-5H3/q+1. The lowest BCUT2D eigenvalue weighted by molar-refractivity contribution is 0.481. The van der Waals surface area contributed by atoms with Crippen LogP contribution in [-0.4, -0.2) is 37.2 Å². The zero-order chi connectivity index (χ0) is 15.3. The minimum absolute atomic E-state index is 0.553. The van der Waals surface area contributed by atoms with Crippen molar-refractivity contribution in [1.29, 1.82) is 0 Å². The van der Waals surface area contributed by atoms with Crippen molar-refractivity contribution < 1.29 is 0 Å². The van der Waals surface area contributed by atoms with E-state index < -0.39 is 7.26 Å². The molecule has 0 fully saturated rings. The minimum atomic E-state index is -0.553. The van der Waals surface area contributed by atoms with Crippen LogP contribution >= 0.6 is 7.26 Å². The van der Waals surface area contributed by atoms with Gasteiger partial charge in [-0.25, -0.2) is 0 Å². The fourth-order valence-corrected chi connectivity index (χ4v) is 6.23. The van der Waals surface area contributed by atoms with Crippen molar-refractivity contribution in [1.82, 2.24) is 5.32 Å². The van der Waals surface area contributed by atoms with Gasteiger partial charge < -0.3 is 5.32 Å². The highest BCUT2D eigenvalue weighted by Crippen LogP contribution is 2.58. The summed E-state index contributed by atoms with van der Waals surface area (Å²) in [5.41, 5.74) is 0. The van der Waals surface area contributed by atoms with Gasteiger partial charge >= 0.3 is 0 Å². The van der Waals surface area contributed by atoms with E-state index in [9.17, 15) is 0 Å². The second kappa shape index (κ2) is 13.1. The molecule has 0 aliphatic carbocycles. The topological polar surface area (TPSA) is 12.0 Å². The van der Waals surface area contributed by atoms with Crippen molar-refractivity contribution >= 4 is 7.26 Å². The van der Waals surface area contributed by atoms with Crippen molar-refractivity contribution in [2.75, 3.05) is 31.2 Å². The predicted octanol–water partition coefficient (Wildman–Crippen LogP) is 5.79. The number of rotatable bonds is 14. The van der Waals surface area contributed by atoms with Gasteiger partial charge in [0.2, 0.25) is 0 Å². The lowest BCUT2D eigenvalue weighted by Crippen LogP contribution is -2.27. The van der Waals surface area contributed by atoms with Crippen LogP contribution in [0.3, 0.4) is 0 Å². The lowest BCUT2D eigenvalue weighted by Gasteiger charge is -2.23. The van der Waals surface area contributed by atoms with Crippen LogP contribution in [-0.2, 0) is 0 Å². The summed E-state index contributed by atoms with van der Waals surface area (Å²) in [6, 6.07) is 0.717. The molecule has 0 aromatic rings. The van der Waals surface area contributed by atoms with Crippen LogP contribution in [0.5, 0.6) is 0 Å². The highest BCUT2D eigenvalue weighted by Gasteiger charge is 2.29. The van der Waals surface area contributed by atoms with Gasteiger partial charge in [0, 0.05) is 13.3 Å². The van der Waals surface area contributed by atoms with Crippen LogP contribution in [0.15, 0.2) is 0 Å². The van der Waals surface area contributed by atoms with Crippen LogP contribution in [0.1, 0.15) is 79.6 Å². The second-order valence-corrected chi connectivity index (χ2v) is 11.5. The molecule has 0 radical (unpaired) electrons. The molecule has 0 saturated heterocycles. The molecule has 0 rings (SSSR count). The summed E-state index contributed by atoms with van der Waals surface area (Å²) in [6.07, 6.45) is 15.7. The molecule has 0 aromatic heterocycles. The Morgan fingerprint density at radius 1 is 0.800 bits per heavy atom.